The second-order valence-corrected chi connectivity index (χ2v) is 3.74. The number of aromatic nitrogens is 4. The zero-order valence-corrected chi connectivity index (χ0v) is 9.52. The fourth-order valence-corrected chi connectivity index (χ4v) is 1.60. The van der Waals surface area contributed by atoms with Crippen LogP contribution in [-0.4, -0.2) is 31.5 Å². The van der Waals surface area contributed by atoms with Crippen molar-refractivity contribution < 1.29 is 5.11 Å². The molecule has 0 aliphatic rings. The van der Waals surface area contributed by atoms with Crippen molar-refractivity contribution in [1.82, 2.24) is 19.7 Å². The number of nitrogens with zero attached hydrogens (tertiary/aromatic N) is 4. The van der Waals surface area contributed by atoms with Crippen LogP contribution in [-0.2, 0) is 6.42 Å². The van der Waals surface area contributed by atoms with E-state index in [9.17, 15) is 0 Å². The molecule has 16 heavy (non-hydrogen) atoms. The van der Waals surface area contributed by atoms with E-state index in [1.54, 1.807) is 16.9 Å². The number of aryl methyl sites for hydroxylation is 1. The highest BCUT2D eigenvalue weighted by atomic mass is 35.5. The first-order chi connectivity index (χ1) is 7.69. The van der Waals surface area contributed by atoms with E-state index in [0.29, 0.717) is 12.2 Å². The van der Waals surface area contributed by atoms with Crippen LogP contribution in [0.4, 0.5) is 0 Å². The Bertz CT molecular complexity index is 477. The fourth-order valence-electron chi connectivity index (χ4n) is 1.38. The Morgan fingerprint density at radius 2 is 2.25 bits per heavy atom. The Kier molecular flexibility index (Phi) is 3.17. The molecule has 6 heteroatoms. The molecule has 0 saturated heterocycles. The van der Waals surface area contributed by atoms with Gasteiger partial charge in [-0.2, -0.15) is 10.1 Å². The maximum Gasteiger partial charge on any atom is 0.224 e. The van der Waals surface area contributed by atoms with Gasteiger partial charge < -0.3 is 5.11 Å². The van der Waals surface area contributed by atoms with Crippen molar-refractivity contribution in [3.63, 3.8) is 0 Å². The molecule has 0 fully saturated rings. The Morgan fingerprint density at radius 1 is 1.44 bits per heavy atom. The summed E-state index contributed by atoms with van der Waals surface area (Å²) in [6.45, 7) is 1.95. The van der Waals surface area contributed by atoms with Crippen LogP contribution < -0.4 is 0 Å². The average Bonchev–Trinajstić information content (AvgIpc) is 2.65. The number of aliphatic hydroxyl groups is 1. The van der Waals surface area contributed by atoms with Crippen LogP contribution in [0.15, 0.2) is 18.5 Å². The lowest BCUT2D eigenvalue weighted by atomic mass is 10.3. The molecular weight excluding hydrogens is 228 g/mol. The highest BCUT2D eigenvalue weighted by Crippen LogP contribution is 2.10. The molecule has 0 aromatic carbocycles. The third-order valence-electron chi connectivity index (χ3n) is 2.08. The van der Waals surface area contributed by atoms with Crippen LogP contribution in [0.2, 0.25) is 5.28 Å². The Morgan fingerprint density at radius 3 is 2.94 bits per heavy atom. The summed E-state index contributed by atoms with van der Waals surface area (Å²) in [6, 6.07) is 1.79. The Labute approximate surface area is 97.7 Å². The van der Waals surface area contributed by atoms with Crippen molar-refractivity contribution in [2.24, 2.45) is 0 Å². The van der Waals surface area contributed by atoms with Gasteiger partial charge in [0, 0.05) is 24.6 Å². The average molecular weight is 239 g/mol. The number of halogens is 1. The molecule has 0 bridgehead atoms. The summed E-state index contributed by atoms with van der Waals surface area (Å²) in [6.07, 6.45) is 4.09. The van der Waals surface area contributed by atoms with E-state index in [1.807, 2.05) is 13.1 Å². The van der Waals surface area contributed by atoms with Gasteiger partial charge in [-0.1, -0.05) is 0 Å². The molecule has 2 aromatic rings. The summed E-state index contributed by atoms with van der Waals surface area (Å²) in [7, 11) is 0. The number of hydrogen-bond donors (Lipinski definition) is 1. The SMILES string of the molecule is Cc1cc(-n2cc(CCO)cn2)nc(Cl)n1. The monoisotopic (exact) mass is 238 g/mol. The predicted octanol–water partition coefficient (Wildman–Crippen LogP) is 1.16. The van der Waals surface area contributed by atoms with Crippen LogP contribution in [0.3, 0.4) is 0 Å². The van der Waals surface area contributed by atoms with Crippen LogP contribution in [0, 0.1) is 6.92 Å². The number of aliphatic hydroxyl groups excluding tert-OH is 1. The molecule has 0 spiro atoms. The first-order valence-electron chi connectivity index (χ1n) is 4.85. The molecule has 0 radical (unpaired) electrons. The number of hydrogen-bond acceptors (Lipinski definition) is 4. The van der Waals surface area contributed by atoms with Gasteiger partial charge >= 0.3 is 0 Å². The lowest BCUT2D eigenvalue weighted by Gasteiger charge is -2.01. The minimum atomic E-state index is 0.106. The summed E-state index contributed by atoms with van der Waals surface area (Å²) >= 11 is 5.76. The normalized spacial score (nSPS) is 10.7. The van der Waals surface area contributed by atoms with Crippen molar-refractivity contribution in [3.05, 3.63) is 35.0 Å². The third kappa shape index (κ3) is 2.37. The Hall–Kier alpha value is -1.46. The minimum absolute atomic E-state index is 0.106. The van der Waals surface area contributed by atoms with Gasteiger partial charge in [0.2, 0.25) is 5.28 Å². The highest BCUT2D eigenvalue weighted by Gasteiger charge is 2.04. The maximum atomic E-state index is 8.80. The molecule has 2 rings (SSSR count). The number of rotatable bonds is 3. The van der Waals surface area contributed by atoms with E-state index in [1.165, 1.54) is 0 Å². The molecule has 0 aliphatic carbocycles. The smallest absolute Gasteiger partial charge is 0.224 e. The van der Waals surface area contributed by atoms with Gasteiger partial charge in [-0.3, -0.25) is 0 Å². The molecule has 0 saturated carbocycles. The van der Waals surface area contributed by atoms with Crippen LogP contribution >= 0.6 is 11.6 Å². The second-order valence-electron chi connectivity index (χ2n) is 3.40. The summed E-state index contributed by atoms with van der Waals surface area (Å²) in [5.41, 5.74) is 1.74. The van der Waals surface area contributed by atoms with Crippen LogP contribution in [0.5, 0.6) is 0 Å². The van der Waals surface area contributed by atoms with Crippen LogP contribution in [0.25, 0.3) is 5.82 Å². The molecule has 5 nitrogen and oxygen atoms in total. The molecule has 2 aromatic heterocycles. The lowest BCUT2D eigenvalue weighted by Crippen LogP contribution is -2.00. The van der Waals surface area contributed by atoms with Gasteiger partial charge in [0.25, 0.3) is 0 Å². The predicted molar refractivity (Wildman–Crippen MR) is 59.7 cm³/mol. The van der Waals surface area contributed by atoms with Crippen molar-refractivity contribution >= 4 is 11.6 Å². The van der Waals surface area contributed by atoms with E-state index in [2.05, 4.69) is 15.1 Å². The summed E-state index contributed by atoms with van der Waals surface area (Å²) in [5, 5.41) is 13.2. The quantitative estimate of drug-likeness (QED) is 0.815. The van der Waals surface area contributed by atoms with E-state index < -0.39 is 0 Å². The maximum absolute atomic E-state index is 8.80. The molecule has 1 N–H and O–H groups in total. The summed E-state index contributed by atoms with van der Waals surface area (Å²) in [4.78, 5) is 8.05. The van der Waals surface area contributed by atoms with Crippen molar-refractivity contribution in [3.8, 4) is 5.82 Å². The highest BCUT2D eigenvalue weighted by molar-refractivity contribution is 6.28. The second kappa shape index (κ2) is 4.59. The molecule has 0 unspecified atom stereocenters. The lowest BCUT2D eigenvalue weighted by molar-refractivity contribution is 0.299. The standard InChI is InChI=1S/C10H11ClN4O/c1-7-4-9(14-10(11)13-7)15-6-8(2-3-16)5-12-15/h4-6,16H,2-3H2,1H3. The molecule has 0 aliphatic heterocycles. The zero-order chi connectivity index (χ0) is 11.5. The zero-order valence-electron chi connectivity index (χ0n) is 8.76. The van der Waals surface area contributed by atoms with Gasteiger partial charge in [0.1, 0.15) is 0 Å². The van der Waals surface area contributed by atoms with Crippen molar-refractivity contribution in [1.29, 1.82) is 0 Å². The van der Waals surface area contributed by atoms with Gasteiger partial charge in [0.05, 0.1) is 6.20 Å². The van der Waals surface area contributed by atoms with E-state index >= 15 is 0 Å². The fraction of sp³-hybridized carbons (Fsp3) is 0.300. The van der Waals surface area contributed by atoms with Gasteiger partial charge in [-0.15, -0.1) is 0 Å². The van der Waals surface area contributed by atoms with Gasteiger partial charge in [-0.25, -0.2) is 9.67 Å². The van der Waals surface area contributed by atoms with E-state index in [0.717, 1.165) is 11.3 Å². The largest absolute Gasteiger partial charge is 0.396 e. The van der Waals surface area contributed by atoms with Crippen molar-refractivity contribution in [2.75, 3.05) is 6.61 Å². The van der Waals surface area contributed by atoms with Gasteiger partial charge in [0.15, 0.2) is 5.82 Å². The molecular formula is C10H11ClN4O. The summed E-state index contributed by atoms with van der Waals surface area (Å²) in [5.74, 6) is 0.627. The topological polar surface area (TPSA) is 63.8 Å². The summed E-state index contributed by atoms with van der Waals surface area (Å²) < 4.78 is 1.62. The first kappa shape index (κ1) is 11.0. The molecule has 0 atom stereocenters. The van der Waals surface area contributed by atoms with E-state index in [-0.39, 0.29) is 11.9 Å². The Balaban J connectivity index is 2.34. The van der Waals surface area contributed by atoms with Crippen molar-refractivity contribution in [2.45, 2.75) is 13.3 Å². The van der Waals surface area contributed by atoms with Crippen LogP contribution in [0.1, 0.15) is 11.3 Å². The van der Waals surface area contributed by atoms with Gasteiger partial charge in [-0.05, 0) is 30.5 Å². The first-order valence-corrected chi connectivity index (χ1v) is 5.23. The minimum Gasteiger partial charge on any atom is -0.396 e. The third-order valence-corrected chi connectivity index (χ3v) is 2.25. The molecule has 2 heterocycles. The molecule has 0 amide bonds. The van der Waals surface area contributed by atoms with E-state index in [4.69, 9.17) is 16.7 Å². The molecule has 84 valence electrons.